The summed E-state index contributed by atoms with van der Waals surface area (Å²) in [5.74, 6) is 1.26. The molecule has 3 N–H and O–H groups in total. The number of carbonyl (C=O) groups is 1. The monoisotopic (exact) mass is 366 g/mol. The first-order valence-electron chi connectivity index (χ1n) is 9.32. The summed E-state index contributed by atoms with van der Waals surface area (Å²) in [4.78, 5) is 14.8. The molecule has 5 rings (SSSR count). The summed E-state index contributed by atoms with van der Waals surface area (Å²) < 4.78 is 10.7. The molecule has 1 amide bonds. The van der Waals surface area contributed by atoms with Crippen molar-refractivity contribution in [1.82, 2.24) is 4.90 Å². The van der Waals surface area contributed by atoms with E-state index >= 15 is 0 Å². The van der Waals surface area contributed by atoms with Gasteiger partial charge in [0.2, 0.25) is 6.79 Å². The van der Waals surface area contributed by atoms with Gasteiger partial charge in [0.15, 0.2) is 11.5 Å². The molecule has 6 nitrogen and oxygen atoms in total. The summed E-state index contributed by atoms with van der Waals surface area (Å²) in [5, 5.41) is 10.9. The number of ether oxygens (including phenoxy) is 2. The number of aliphatic hydroxyl groups excluding tert-OH is 1. The molecule has 1 saturated heterocycles. The maximum Gasteiger partial charge on any atom is 0.253 e. The standard InChI is InChI=1S/C21H22N2O4/c22-18-14-3-1-2-4-15(14)21(19(18)24)7-9-23(10-8-21)20(25)13-5-6-16-17(11-13)27-12-26-16/h1-6,11,18-19,24H,7-10,12,22H2/t18-,19+/m0/s1. The van der Waals surface area contributed by atoms with E-state index in [0.29, 0.717) is 43.0 Å². The second kappa shape index (κ2) is 5.97. The van der Waals surface area contributed by atoms with E-state index < -0.39 is 6.10 Å². The zero-order chi connectivity index (χ0) is 18.6. The minimum Gasteiger partial charge on any atom is -0.454 e. The van der Waals surface area contributed by atoms with Gasteiger partial charge >= 0.3 is 0 Å². The molecule has 2 aromatic carbocycles. The Hall–Kier alpha value is -2.57. The molecule has 6 heteroatoms. The van der Waals surface area contributed by atoms with E-state index in [0.717, 1.165) is 11.1 Å². The SMILES string of the molecule is N[C@H]1c2ccccc2C2(CCN(C(=O)c3ccc4c(c3)OCO4)CC2)[C@@H]1O. The van der Waals surface area contributed by atoms with Gasteiger partial charge in [-0.2, -0.15) is 0 Å². The smallest absolute Gasteiger partial charge is 0.253 e. The zero-order valence-corrected chi connectivity index (χ0v) is 14.9. The number of rotatable bonds is 1. The number of piperidine rings is 1. The molecule has 2 heterocycles. The molecule has 1 spiro atoms. The lowest BCUT2D eigenvalue weighted by Gasteiger charge is -2.42. The Bertz CT molecular complexity index is 905. The molecule has 2 aromatic rings. The van der Waals surface area contributed by atoms with Crippen molar-refractivity contribution in [2.75, 3.05) is 19.9 Å². The molecule has 3 aliphatic rings. The summed E-state index contributed by atoms with van der Waals surface area (Å²) in [6.07, 6.45) is 0.794. The minimum absolute atomic E-state index is 0.0202. The molecule has 0 radical (unpaired) electrons. The molecule has 0 saturated carbocycles. The van der Waals surface area contributed by atoms with Gasteiger partial charge in [-0.05, 0) is 42.2 Å². The van der Waals surface area contributed by atoms with Gasteiger partial charge in [0, 0.05) is 24.1 Å². The quantitative estimate of drug-likeness (QED) is 0.806. The van der Waals surface area contributed by atoms with E-state index in [4.69, 9.17) is 15.2 Å². The van der Waals surface area contributed by atoms with Crippen LogP contribution in [0.1, 0.15) is 40.4 Å². The highest BCUT2D eigenvalue weighted by molar-refractivity contribution is 5.95. The van der Waals surface area contributed by atoms with Gasteiger partial charge < -0.3 is 25.2 Å². The van der Waals surface area contributed by atoms with Gasteiger partial charge in [-0.25, -0.2) is 0 Å². The number of hydrogen-bond acceptors (Lipinski definition) is 5. The van der Waals surface area contributed by atoms with E-state index in [1.165, 1.54) is 0 Å². The van der Waals surface area contributed by atoms with Crippen molar-refractivity contribution in [2.45, 2.75) is 30.4 Å². The first-order valence-corrected chi connectivity index (χ1v) is 9.32. The van der Waals surface area contributed by atoms with Gasteiger partial charge in [0.1, 0.15) is 0 Å². The number of aliphatic hydroxyl groups is 1. The van der Waals surface area contributed by atoms with Gasteiger partial charge in [0.25, 0.3) is 5.91 Å². The first-order chi connectivity index (χ1) is 13.1. The average molecular weight is 366 g/mol. The molecular formula is C21H22N2O4. The predicted molar refractivity (Wildman–Crippen MR) is 98.8 cm³/mol. The lowest BCUT2D eigenvalue weighted by molar-refractivity contribution is 0.0262. The van der Waals surface area contributed by atoms with Crippen LogP contribution in [0.25, 0.3) is 0 Å². The molecule has 140 valence electrons. The summed E-state index contributed by atoms with van der Waals surface area (Å²) in [5.41, 5.74) is 8.68. The van der Waals surface area contributed by atoms with Gasteiger partial charge in [-0.3, -0.25) is 4.79 Å². The number of likely N-dealkylation sites (tertiary alicyclic amines) is 1. The molecule has 0 bridgehead atoms. The minimum atomic E-state index is -0.613. The van der Waals surface area contributed by atoms with Crippen molar-refractivity contribution >= 4 is 5.91 Å². The molecule has 2 atom stereocenters. The second-order valence-electron chi connectivity index (χ2n) is 7.57. The average Bonchev–Trinajstić information content (AvgIpc) is 3.26. The molecule has 2 aliphatic heterocycles. The van der Waals surface area contributed by atoms with Crippen molar-refractivity contribution in [3.8, 4) is 11.5 Å². The van der Waals surface area contributed by atoms with Gasteiger partial charge in [-0.1, -0.05) is 24.3 Å². The number of nitrogens with two attached hydrogens (primary N) is 1. The Kier molecular flexibility index (Phi) is 3.67. The number of benzene rings is 2. The fourth-order valence-electron chi connectivity index (χ4n) is 4.80. The molecule has 0 aromatic heterocycles. The zero-order valence-electron chi connectivity index (χ0n) is 14.9. The Morgan fingerprint density at radius 2 is 1.85 bits per heavy atom. The van der Waals surface area contributed by atoms with Gasteiger partial charge in [-0.15, -0.1) is 0 Å². The van der Waals surface area contributed by atoms with Crippen LogP contribution in [0.4, 0.5) is 0 Å². The van der Waals surface area contributed by atoms with Crippen molar-refractivity contribution in [1.29, 1.82) is 0 Å². The first kappa shape index (κ1) is 16.6. The number of carbonyl (C=O) groups excluding carboxylic acids is 1. The third kappa shape index (κ3) is 2.37. The number of hydrogen-bond donors (Lipinski definition) is 2. The Labute approximate surface area is 157 Å². The van der Waals surface area contributed by atoms with Crippen LogP contribution in [0.3, 0.4) is 0 Å². The molecule has 1 fully saturated rings. The van der Waals surface area contributed by atoms with Crippen LogP contribution in [-0.4, -0.2) is 41.9 Å². The molecular weight excluding hydrogens is 344 g/mol. The van der Waals surface area contributed by atoms with Crippen molar-refractivity contribution in [3.63, 3.8) is 0 Å². The highest BCUT2D eigenvalue weighted by atomic mass is 16.7. The van der Waals surface area contributed by atoms with E-state index in [-0.39, 0.29) is 24.2 Å². The van der Waals surface area contributed by atoms with Gasteiger partial charge in [0.05, 0.1) is 12.1 Å². The highest BCUT2D eigenvalue weighted by Crippen LogP contribution is 2.50. The summed E-state index contributed by atoms with van der Waals surface area (Å²) in [6.45, 7) is 1.37. The third-order valence-corrected chi connectivity index (χ3v) is 6.33. The third-order valence-electron chi connectivity index (χ3n) is 6.33. The fraction of sp³-hybridized carbons (Fsp3) is 0.381. The van der Waals surface area contributed by atoms with Crippen LogP contribution in [0.5, 0.6) is 11.5 Å². The molecule has 1 aliphatic carbocycles. The molecule has 0 unspecified atom stereocenters. The normalized spacial score (nSPS) is 24.9. The number of amides is 1. The lowest BCUT2D eigenvalue weighted by atomic mass is 9.72. The fourth-order valence-corrected chi connectivity index (χ4v) is 4.80. The maximum atomic E-state index is 12.9. The Balaban J connectivity index is 1.37. The van der Waals surface area contributed by atoms with E-state index in [1.807, 2.05) is 23.1 Å². The second-order valence-corrected chi connectivity index (χ2v) is 7.57. The van der Waals surface area contributed by atoms with E-state index in [1.54, 1.807) is 18.2 Å². The summed E-state index contributed by atoms with van der Waals surface area (Å²) >= 11 is 0. The highest BCUT2D eigenvalue weighted by Gasteiger charge is 2.51. The van der Waals surface area contributed by atoms with Crippen LogP contribution in [-0.2, 0) is 5.41 Å². The molecule has 27 heavy (non-hydrogen) atoms. The van der Waals surface area contributed by atoms with Crippen molar-refractivity contribution in [3.05, 3.63) is 59.2 Å². The topological polar surface area (TPSA) is 85.0 Å². The Morgan fingerprint density at radius 1 is 1.11 bits per heavy atom. The van der Waals surface area contributed by atoms with Crippen LogP contribution < -0.4 is 15.2 Å². The maximum absolute atomic E-state index is 12.9. The van der Waals surface area contributed by atoms with Crippen molar-refractivity contribution in [2.24, 2.45) is 5.73 Å². The number of fused-ring (bicyclic) bond motifs is 3. The van der Waals surface area contributed by atoms with Crippen LogP contribution in [0.2, 0.25) is 0 Å². The van der Waals surface area contributed by atoms with E-state index in [9.17, 15) is 9.90 Å². The summed E-state index contributed by atoms with van der Waals surface area (Å²) in [6, 6.07) is 13.0. The summed E-state index contributed by atoms with van der Waals surface area (Å²) in [7, 11) is 0. The van der Waals surface area contributed by atoms with E-state index in [2.05, 4.69) is 6.07 Å². The number of nitrogens with zero attached hydrogens (tertiary/aromatic N) is 1. The van der Waals surface area contributed by atoms with Crippen LogP contribution in [0, 0.1) is 0 Å². The largest absolute Gasteiger partial charge is 0.454 e. The Morgan fingerprint density at radius 3 is 2.67 bits per heavy atom. The van der Waals surface area contributed by atoms with Crippen LogP contribution >= 0.6 is 0 Å². The van der Waals surface area contributed by atoms with Crippen molar-refractivity contribution < 1.29 is 19.4 Å². The lowest BCUT2D eigenvalue weighted by Crippen LogP contribution is -2.50. The predicted octanol–water partition coefficient (Wildman–Crippen LogP) is 1.96. The van der Waals surface area contributed by atoms with Crippen LogP contribution in [0.15, 0.2) is 42.5 Å².